The molecule has 0 aliphatic carbocycles. The summed E-state index contributed by atoms with van der Waals surface area (Å²) in [6, 6.07) is 8.15. The Balaban J connectivity index is 2.11. The zero-order valence-corrected chi connectivity index (χ0v) is 14.0. The predicted octanol–water partition coefficient (Wildman–Crippen LogP) is 2.32. The summed E-state index contributed by atoms with van der Waals surface area (Å²) in [7, 11) is -3.00. The lowest BCUT2D eigenvalue weighted by molar-refractivity contribution is -0.121. The molecule has 0 unspecified atom stereocenters. The fourth-order valence-corrected chi connectivity index (χ4v) is 2.47. The standard InChI is InChI=1S/C14H20BrNO3S/c1-20(18,19)11-10-16-14(17)5-3-2-4-12-6-8-13(15)9-7-12/h6-9H,2-5,10-11H2,1H3,(H,16,17). The van der Waals surface area contributed by atoms with Crippen LogP contribution in [-0.4, -0.2) is 32.9 Å². The maximum Gasteiger partial charge on any atom is 0.220 e. The minimum absolute atomic E-state index is 0.00235. The van der Waals surface area contributed by atoms with Gasteiger partial charge in [-0.1, -0.05) is 28.1 Å². The number of amides is 1. The van der Waals surface area contributed by atoms with Gasteiger partial charge < -0.3 is 5.32 Å². The van der Waals surface area contributed by atoms with Crippen LogP contribution >= 0.6 is 15.9 Å². The van der Waals surface area contributed by atoms with Crippen molar-refractivity contribution in [3.8, 4) is 0 Å². The first kappa shape index (κ1) is 17.2. The molecule has 0 heterocycles. The summed E-state index contributed by atoms with van der Waals surface area (Å²) in [5, 5.41) is 2.62. The molecular formula is C14H20BrNO3S. The van der Waals surface area contributed by atoms with Crippen LogP contribution in [-0.2, 0) is 21.1 Å². The van der Waals surface area contributed by atoms with E-state index in [1.165, 1.54) is 5.56 Å². The molecule has 0 aliphatic heterocycles. The van der Waals surface area contributed by atoms with Gasteiger partial charge in [-0.25, -0.2) is 8.42 Å². The first-order chi connectivity index (χ1) is 9.37. The highest BCUT2D eigenvalue weighted by Gasteiger charge is 2.04. The molecule has 6 heteroatoms. The van der Waals surface area contributed by atoms with Gasteiger partial charge in [-0.05, 0) is 37.0 Å². The van der Waals surface area contributed by atoms with Gasteiger partial charge in [-0.2, -0.15) is 0 Å². The summed E-state index contributed by atoms with van der Waals surface area (Å²) in [5.41, 5.74) is 1.26. The number of aryl methyl sites for hydroxylation is 1. The number of carbonyl (C=O) groups excluding carboxylic acids is 1. The van der Waals surface area contributed by atoms with Gasteiger partial charge in [0.1, 0.15) is 9.84 Å². The summed E-state index contributed by atoms with van der Waals surface area (Å²) in [5.74, 6) is -0.0816. The Kier molecular flexibility index (Phi) is 7.23. The summed E-state index contributed by atoms with van der Waals surface area (Å²) in [6.45, 7) is 0.199. The maximum atomic E-state index is 11.5. The van der Waals surface area contributed by atoms with Crippen molar-refractivity contribution in [2.45, 2.75) is 25.7 Å². The van der Waals surface area contributed by atoms with E-state index in [2.05, 4.69) is 33.4 Å². The molecule has 1 rings (SSSR count). The summed E-state index contributed by atoms with van der Waals surface area (Å²) < 4.78 is 22.9. The molecule has 0 aliphatic rings. The van der Waals surface area contributed by atoms with Crippen LogP contribution in [0, 0.1) is 0 Å². The Bertz CT molecular complexity index is 526. The van der Waals surface area contributed by atoms with Crippen LogP contribution in [0.3, 0.4) is 0 Å². The highest BCUT2D eigenvalue weighted by atomic mass is 79.9. The smallest absolute Gasteiger partial charge is 0.220 e. The minimum atomic E-state index is -3.00. The van der Waals surface area contributed by atoms with Gasteiger partial charge in [0, 0.05) is 23.7 Å². The van der Waals surface area contributed by atoms with Crippen LogP contribution in [0.15, 0.2) is 28.7 Å². The molecule has 0 spiro atoms. The molecule has 112 valence electrons. The van der Waals surface area contributed by atoms with Crippen LogP contribution in [0.1, 0.15) is 24.8 Å². The fraction of sp³-hybridized carbons (Fsp3) is 0.500. The molecule has 0 atom stereocenters. The van der Waals surface area contributed by atoms with E-state index in [0.29, 0.717) is 6.42 Å². The molecule has 4 nitrogen and oxygen atoms in total. The lowest BCUT2D eigenvalue weighted by atomic mass is 10.1. The van der Waals surface area contributed by atoms with E-state index in [1.54, 1.807) is 0 Å². The molecular weight excluding hydrogens is 342 g/mol. The Morgan fingerprint density at radius 2 is 1.85 bits per heavy atom. The number of halogens is 1. The Hall–Kier alpha value is -0.880. The fourth-order valence-electron chi connectivity index (χ4n) is 1.73. The van der Waals surface area contributed by atoms with Crippen molar-refractivity contribution in [2.24, 2.45) is 0 Å². The molecule has 0 bridgehead atoms. The predicted molar refractivity (Wildman–Crippen MR) is 84.4 cm³/mol. The lowest BCUT2D eigenvalue weighted by Crippen LogP contribution is -2.28. The van der Waals surface area contributed by atoms with Gasteiger partial charge in [0.25, 0.3) is 0 Å². The van der Waals surface area contributed by atoms with Crippen molar-refractivity contribution in [1.29, 1.82) is 0 Å². The number of nitrogens with one attached hydrogen (secondary N) is 1. The first-order valence-corrected chi connectivity index (χ1v) is 9.41. The number of hydrogen-bond acceptors (Lipinski definition) is 3. The van der Waals surface area contributed by atoms with Crippen LogP contribution in [0.2, 0.25) is 0 Å². The summed E-state index contributed by atoms with van der Waals surface area (Å²) in [4.78, 5) is 11.5. The molecule has 1 aromatic rings. The first-order valence-electron chi connectivity index (χ1n) is 6.56. The molecule has 20 heavy (non-hydrogen) atoms. The molecule has 0 fully saturated rings. The summed E-state index contributed by atoms with van der Waals surface area (Å²) >= 11 is 3.39. The third-order valence-electron chi connectivity index (χ3n) is 2.83. The van der Waals surface area contributed by atoms with Gasteiger partial charge in [0.2, 0.25) is 5.91 Å². The second-order valence-electron chi connectivity index (χ2n) is 4.81. The second-order valence-corrected chi connectivity index (χ2v) is 7.99. The van der Waals surface area contributed by atoms with Gasteiger partial charge in [0.15, 0.2) is 0 Å². The van der Waals surface area contributed by atoms with Crippen molar-refractivity contribution < 1.29 is 13.2 Å². The van der Waals surface area contributed by atoms with E-state index >= 15 is 0 Å². The zero-order chi connectivity index (χ0) is 15.0. The average Bonchev–Trinajstić information content (AvgIpc) is 2.35. The largest absolute Gasteiger partial charge is 0.355 e. The van der Waals surface area contributed by atoms with Gasteiger partial charge in [-0.15, -0.1) is 0 Å². The topological polar surface area (TPSA) is 63.2 Å². The molecule has 0 radical (unpaired) electrons. The maximum absolute atomic E-state index is 11.5. The van der Waals surface area contributed by atoms with Crippen LogP contribution in [0.25, 0.3) is 0 Å². The van der Waals surface area contributed by atoms with Crippen LogP contribution in [0.5, 0.6) is 0 Å². The third kappa shape index (κ3) is 8.32. The number of carbonyl (C=O) groups is 1. The van der Waals surface area contributed by atoms with E-state index in [9.17, 15) is 13.2 Å². The van der Waals surface area contributed by atoms with E-state index < -0.39 is 9.84 Å². The Morgan fingerprint density at radius 3 is 2.45 bits per heavy atom. The van der Waals surface area contributed by atoms with Crippen LogP contribution < -0.4 is 5.32 Å². The average molecular weight is 362 g/mol. The normalized spacial score (nSPS) is 11.3. The summed E-state index contributed by atoms with van der Waals surface area (Å²) in [6.07, 6.45) is 4.31. The quantitative estimate of drug-likeness (QED) is 0.722. The van der Waals surface area contributed by atoms with Gasteiger partial charge in [0.05, 0.1) is 5.75 Å². The molecule has 1 aromatic carbocycles. The van der Waals surface area contributed by atoms with Crippen molar-refractivity contribution in [3.63, 3.8) is 0 Å². The van der Waals surface area contributed by atoms with Crippen LogP contribution in [0.4, 0.5) is 0 Å². The van der Waals surface area contributed by atoms with E-state index in [0.717, 1.165) is 30.0 Å². The molecule has 0 saturated carbocycles. The minimum Gasteiger partial charge on any atom is -0.355 e. The number of sulfone groups is 1. The van der Waals surface area contributed by atoms with E-state index in [1.807, 2.05) is 12.1 Å². The Labute approximate surface area is 129 Å². The highest BCUT2D eigenvalue weighted by molar-refractivity contribution is 9.10. The van der Waals surface area contributed by atoms with Crippen molar-refractivity contribution in [1.82, 2.24) is 5.32 Å². The van der Waals surface area contributed by atoms with Crippen molar-refractivity contribution in [3.05, 3.63) is 34.3 Å². The van der Waals surface area contributed by atoms with Gasteiger partial charge in [-0.3, -0.25) is 4.79 Å². The molecule has 0 saturated heterocycles. The second kappa shape index (κ2) is 8.42. The number of hydrogen-bond donors (Lipinski definition) is 1. The van der Waals surface area contributed by atoms with E-state index in [4.69, 9.17) is 0 Å². The lowest BCUT2D eigenvalue weighted by Gasteiger charge is -2.05. The SMILES string of the molecule is CS(=O)(=O)CCNC(=O)CCCCc1ccc(Br)cc1. The third-order valence-corrected chi connectivity index (χ3v) is 4.30. The zero-order valence-electron chi connectivity index (χ0n) is 11.6. The molecule has 0 aromatic heterocycles. The highest BCUT2D eigenvalue weighted by Crippen LogP contribution is 2.12. The number of unbranched alkanes of at least 4 members (excludes halogenated alkanes) is 1. The number of benzene rings is 1. The Morgan fingerprint density at radius 1 is 1.20 bits per heavy atom. The van der Waals surface area contributed by atoms with Crippen molar-refractivity contribution in [2.75, 3.05) is 18.6 Å². The number of rotatable bonds is 8. The molecule has 1 N–H and O–H groups in total. The van der Waals surface area contributed by atoms with Gasteiger partial charge >= 0.3 is 0 Å². The van der Waals surface area contributed by atoms with Crippen molar-refractivity contribution >= 4 is 31.7 Å². The monoisotopic (exact) mass is 361 g/mol. The van der Waals surface area contributed by atoms with E-state index in [-0.39, 0.29) is 18.2 Å². The molecule has 1 amide bonds.